The Hall–Kier alpha value is -1.22. The number of rotatable bonds is 1. The Morgan fingerprint density at radius 2 is 2.11 bits per heavy atom. The molecule has 0 atom stereocenters. The fourth-order valence-corrected chi connectivity index (χ4v) is 3.42. The SMILES string of the molecule is CC(C)N1c2c(Cl)cccc2NC(=O)C12CCC2. The molecule has 0 radical (unpaired) electrons. The summed E-state index contributed by atoms with van der Waals surface area (Å²) >= 11 is 6.34. The van der Waals surface area contributed by atoms with E-state index < -0.39 is 0 Å². The minimum atomic E-state index is -0.369. The van der Waals surface area contributed by atoms with Crippen LogP contribution in [0.3, 0.4) is 0 Å². The summed E-state index contributed by atoms with van der Waals surface area (Å²) in [5.41, 5.74) is 1.44. The number of carbonyl (C=O) groups is 1. The first-order chi connectivity index (χ1) is 8.56. The Balaban J connectivity index is 2.19. The van der Waals surface area contributed by atoms with Crippen LogP contribution in [0, 0.1) is 0 Å². The van der Waals surface area contributed by atoms with Crippen molar-refractivity contribution in [2.75, 3.05) is 10.2 Å². The fraction of sp³-hybridized carbons (Fsp3) is 0.500. The standard InChI is InChI=1S/C14H17ClN2O/c1-9(2)17-12-10(15)5-3-6-11(12)16-13(18)14(17)7-4-8-14/h3,5-6,9H,4,7-8H2,1-2H3,(H,16,18). The Labute approximate surface area is 112 Å². The van der Waals surface area contributed by atoms with Crippen LogP contribution in [0.25, 0.3) is 0 Å². The predicted octanol–water partition coefficient (Wildman–Crippen LogP) is 3.43. The van der Waals surface area contributed by atoms with E-state index in [0.717, 1.165) is 30.6 Å². The highest BCUT2D eigenvalue weighted by molar-refractivity contribution is 6.34. The first-order valence-electron chi connectivity index (χ1n) is 6.45. The van der Waals surface area contributed by atoms with Gasteiger partial charge in [0.15, 0.2) is 0 Å². The largest absolute Gasteiger partial charge is 0.352 e. The first kappa shape index (κ1) is 11.8. The van der Waals surface area contributed by atoms with Crippen molar-refractivity contribution < 1.29 is 4.79 Å². The van der Waals surface area contributed by atoms with E-state index >= 15 is 0 Å². The molecule has 1 heterocycles. The number of anilines is 2. The number of halogens is 1. The lowest BCUT2D eigenvalue weighted by Gasteiger charge is -2.55. The van der Waals surface area contributed by atoms with Crippen molar-refractivity contribution in [2.24, 2.45) is 0 Å². The maximum Gasteiger partial charge on any atom is 0.250 e. The van der Waals surface area contributed by atoms with Gasteiger partial charge in [0.2, 0.25) is 5.91 Å². The van der Waals surface area contributed by atoms with Gasteiger partial charge >= 0.3 is 0 Å². The Morgan fingerprint density at radius 3 is 2.67 bits per heavy atom. The van der Waals surface area contributed by atoms with Crippen molar-refractivity contribution >= 4 is 28.9 Å². The molecule has 4 heteroatoms. The van der Waals surface area contributed by atoms with Crippen molar-refractivity contribution in [3.05, 3.63) is 23.2 Å². The Kier molecular flexibility index (Phi) is 2.56. The fourth-order valence-electron chi connectivity index (χ4n) is 3.16. The summed E-state index contributed by atoms with van der Waals surface area (Å²) in [6.45, 7) is 4.23. The number of nitrogens with zero attached hydrogens (tertiary/aromatic N) is 1. The molecule has 0 saturated heterocycles. The number of hydrogen-bond donors (Lipinski definition) is 1. The van der Waals surface area contributed by atoms with Crippen LogP contribution in [0.5, 0.6) is 0 Å². The average Bonchev–Trinajstić information content (AvgIpc) is 2.24. The van der Waals surface area contributed by atoms with Gasteiger partial charge in [0.25, 0.3) is 0 Å². The molecular formula is C14H17ClN2O. The third-order valence-electron chi connectivity index (χ3n) is 4.06. The maximum atomic E-state index is 12.4. The van der Waals surface area contributed by atoms with Crippen molar-refractivity contribution in [2.45, 2.75) is 44.7 Å². The van der Waals surface area contributed by atoms with Crippen molar-refractivity contribution in [1.82, 2.24) is 0 Å². The third-order valence-corrected chi connectivity index (χ3v) is 4.36. The number of para-hydroxylation sites is 1. The van der Waals surface area contributed by atoms with Crippen molar-refractivity contribution in [3.8, 4) is 0 Å². The monoisotopic (exact) mass is 264 g/mol. The number of nitrogens with one attached hydrogen (secondary N) is 1. The third kappa shape index (κ3) is 1.40. The van der Waals surface area contributed by atoms with Crippen LogP contribution in [-0.2, 0) is 4.79 Å². The number of carbonyl (C=O) groups excluding carboxylic acids is 1. The van der Waals surface area contributed by atoms with Crippen LogP contribution in [0.1, 0.15) is 33.1 Å². The summed E-state index contributed by atoms with van der Waals surface area (Å²) in [6.07, 6.45) is 2.94. The minimum absolute atomic E-state index is 0.122. The summed E-state index contributed by atoms with van der Waals surface area (Å²) in [5, 5.41) is 3.73. The molecule has 1 saturated carbocycles. The molecule has 1 aromatic carbocycles. The van der Waals surface area contributed by atoms with Crippen molar-refractivity contribution in [1.29, 1.82) is 0 Å². The lowest BCUT2D eigenvalue weighted by Crippen LogP contribution is -2.65. The molecule has 1 N–H and O–H groups in total. The molecule has 2 aliphatic rings. The summed E-state index contributed by atoms with van der Waals surface area (Å²) in [4.78, 5) is 14.6. The molecule has 1 aliphatic carbocycles. The average molecular weight is 265 g/mol. The van der Waals surface area contributed by atoms with Gasteiger partial charge in [0.05, 0.1) is 16.4 Å². The first-order valence-corrected chi connectivity index (χ1v) is 6.83. The van der Waals surface area contributed by atoms with Crippen LogP contribution >= 0.6 is 11.6 Å². The molecule has 1 amide bonds. The van der Waals surface area contributed by atoms with Crippen LogP contribution < -0.4 is 10.2 Å². The molecule has 1 aromatic rings. The highest BCUT2D eigenvalue weighted by atomic mass is 35.5. The topological polar surface area (TPSA) is 32.3 Å². The van der Waals surface area contributed by atoms with Gasteiger partial charge in [0.1, 0.15) is 5.54 Å². The number of fused-ring (bicyclic) bond motifs is 1. The molecule has 18 heavy (non-hydrogen) atoms. The minimum Gasteiger partial charge on any atom is -0.352 e. The van der Waals surface area contributed by atoms with Crippen LogP contribution in [0.4, 0.5) is 11.4 Å². The van der Waals surface area contributed by atoms with Crippen molar-refractivity contribution in [3.63, 3.8) is 0 Å². The summed E-state index contributed by atoms with van der Waals surface area (Å²) in [7, 11) is 0. The second-order valence-electron chi connectivity index (χ2n) is 5.44. The lowest BCUT2D eigenvalue weighted by atomic mass is 9.72. The van der Waals surface area contributed by atoms with E-state index in [9.17, 15) is 4.79 Å². The predicted molar refractivity (Wildman–Crippen MR) is 74.3 cm³/mol. The molecule has 0 bridgehead atoms. The Morgan fingerprint density at radius 1 is 1.39 bits per heavy atom. The molecule has 0 unspecified atom stereocenters. The molecule has 1 fully saturated rings. The van der Waals surface area contributed by atoms with Gasteiger partial charge in [-0.05, 0) is 45.2 Å². The molecule has 3 nitrogen and oxygen atoms in total. The van der Waals surface area contributed by atoms with Crippen LogP contribution in [0.15, 0.2) is 18.2 Å². The van der Waals surface area contributed by atoms with E-state index in [1.165, 1.54) is 0 Å². The normalized spacial score (nSPS) is 20.7. The molecule has 1 spiro atoms. The second-order valence-corrected chi connectivity index (χ2v) is 5.85. The van der Waals surface area contributed by atoms with E-state index in [1.807, 2.05) is 18.2 Å². The van der Waals surface area contributed by atoms with Gasteiger partial charge in [-0.1, -0.05) is 17.7 Å². The Bertz CT molecular complexity index is 509. The number of benzene rings is 1. The summed E-state index contributed by atoms with van der Waals surface area (Å²) in [6, 6.07) is 5.94. The van der Waals surface area contributed by atoms with Crippen LogP contribution in [0.2, 0.25) is 5.02 Å². The number of amides is 1. The zero-order chi connectivity index (χ0) is 12.9. The zero-order valence-corrected chi connectivity index (χ0v) is 11.4. The van der Waals surface area contributed by atoms with Gasteiger partial charge in [-0.3, -0.25) is 4.79 Å². The van der Waals surface area contributed by atoms with Gasteiger partial charge < -0.3 is 10.2 Å². The maximum absolute atomic E-state index is 12.4. The summed E-state index contributed by atoms with van der Waals surface area (Å²) in [5.74, 6) is 0.122. The lowest BCUT2D eigenvalue weighted by molar-refractivity contribution is -0.124. The smallest absolute Gasteiger partial charge is 0.250 e. The number of hydrogen-bond acceptors (Lipinski definition) is 2. The summed E-state index contributed by atoms with van der Waals surface area (Å²) < 4.78 is 0. The molecule has 3 rings (SSSR count). The zero-order valence-electron chi connectivity index (χ0n) is 10.7. The second kappa shape index (κ2) is 3.89. The molecular weight excluding hydrogens is 248 g/mol. The van der Waals surface area contributed by atoms with Gasteiger partial charge in [-0.2, -0.15) is 0 Å². The van der Waals surface area contributed by atoms with Gasteiger partial charge in [-0.15, -0.1) is 0 Å². The van der Waals surface area contributed by atoms with Gasteiger partial charge in [0, 0.05) is 6.04 Å². The van der Waals surface area contributed by atoms with E-state index in [4.69, 9.17) is 11.6 Å². The van der Waals surface area contributed by atoms with E-state index in [0.29, 0.717) is 5.02 Å². The highest BCUT2D eigenvalue weighted by Gasteiger charge is 2.53. The van der Waals surface area contributed by atoms with Crippen LogP contribution in [-0.4, -0.2) is 17.5 Å². The molecule has 96 valence electrons. The van der Waals surface area contributed by atoms with E-state index in [-0.39, 0.29) is 17.5 Å². The molecule has 1 aliphatic heterocycles. The molecule has 0 aromatic heterocycles. The quantitative estimate of drug-likeness (QED) is 0.843. The van der Waals surface area contributed by atoms with E-state index in [1.54, 1.807) is 0 Å². The van der Waals surface area contributed by atoms with E-state index in [2.05, 4.69) is 24.1 Å². The highest BCUT2D eigenvalue weighted by Crippen LogP contribution is 2.50. The van der Waals surface area contributed by atoms with Gasteiger partial charge in [-0.25, -0.2) is 0 Å².